The van der Waals surface area contributed by atoms with Crippen LogP contribution < -0.4 is 4.74 Å². The highest BCUT2D eigenvalue weighted by molar-refractivity contribution is 5.75. The Morgan fingerprint density at radius 2 is 1.79 bits per heavy atom. The van der Waals surface area contributed by atoms with Crippen LogP contribution in [0.3, 0.4) is 0 Å². The molecule has 0 fully saturated rings. The van der Waals surface area contributed by atoms with Crippen molar-refractivity contribution in [1.82, 2.24) is 0 Å². The maximum Gasteiger partial charge on any atom is 0.255 e. The van der Waals surface area contributed by atoms with Crippen LogP contribution in [0.4, 0.5) is 17.6 Å². The monoisotopic (exact) mass is 392 g/mol. The smallest absolute Gasteiger partial charge is 0.255 e. The summed E-state index contributed by atoms with van der Waals surface area (Å²) in [6.45, 7) is 1.30. The van der Waals surface area contributed by atoms with E-state index in [1.54, 1.807) is 6.07 Å². The Bertz CT molecular complexity index is 901. The molecular weight excluding hydrogens is 372 g/mol. The highest BCUT2D eigenvalue weighted by Crippen LogP contribution is 2.44. The Morgan fingerprint density at radius 3 is 2.43 bits per heavy atom. The average Bonchev–Trinajstić information content (AvgIpc) is 2.94. The summed E-state index contributed by atoms with van der Waals surface area (Å²) in [4.78, 5) is 11.0. The largest absolute Gasteiger partial charge is 0.486 e. The summed E-state index contributed by atoms with van der Waals surface area (Å²) in [6, 6.07) is 9.73. The van der Waals surface area contributed by atoms with Crippen LogP contribution in [-0.2, 0) is 11.2 Å². The molecule has 28 heavy (non-hydrogen) atoms. The summed E-state index contributed by atoms with van der Waals surface area (Å²) < 4.78 is 60.7. The maximum absolute atomic E-state index is 14.2. The van der Waals surface area contributed by atoms with Gasteiger partial charge in [-0.1, -0.05) is 18.2 Å². The summed E-state index contributed by atoms with van der Waals surface area (Å²) in [5, 5.41) is 0. The molecule has 1 aliphatic carbocycles. The van der Waals surface area contributed by atoms with E-state index in [1.807, 2.05) is 0 Å². The molecule has 0 amide bonds. The molecule has 2 aromatic rings. The minimum atomic E-state index is -2.91. The average molecular weight is 392 g/mol. The molecule has 2 aromatic carbocycles. The molecule has 3 rings (SSSR count). The van der Waals surface area contributed by atoms with Crippen LogP contribution in [0, 0.1) is 11.6 Å². The van der Waals surface area contributed by atoms with E-state index in [0.29, 0.717) is 35.1 Å². The molecule has 2 nitrogen and oxygen atoms in total. The van der Waals surface area contributed by atoms with Crippen molar-refractivity contribution in [2.45, 2.75) is 38.5 Å². The van der Waals surface area contributed by atoms with Crippen molar-refractivity contribution in [3.8, 4) is 5.75 Å². The molecule has 0 atom stereocenters. The molecule has 0 saturated heterocycles. The first-order valence-corrected chi connectivity index (χ1v) is 8.99. The summed E-state index contributed by atoms with van der Waals surface area (Å²) in [6.07, 6.45) is -0.177. The van der Waals surface area contributed by atoms with Crippen LogP contribution in [0.5, 0.6) is 5.75 Å². The number of carbonyl (C=O) groups is 1. The molecule has 6 heteroatoms. The number of halogens is 4. The number of ketones is 1. The van der Waals surface area contributed by atoms with E-state index in [9.17, 15) is 22.4 Å². The number of aryl methyl sites for hydroxylation is 1. The Kier molecular flexibility index (Phi) is 5.87. The van der Waals surface area contributed by atoms with E-state index in [-0.39, 0.29) is 18.1 Å². The molecule has 0 spiro atoms. The van der Waals surface area contributed by atoms with Gasteiger partial charge in [0.2, 0.25) is 0 Å². The number of hydrogen-bond donors (Lipinski definition) is 0. The lowest BCUT2D eigenvalue weighted by molar-refractivity contribution is -0.116. The maximum atomic E-state index is 14.2. The van der Waals surface area contributed by atoms with Crippen LogP contribution in [0.1, 0.15) is 37.3 Å². The van der Waals surface area contributed by atoms with Crippen molar-refractivity contribution < 1.29 is 27.1 Å². The van der Waals surface area contributed by atoms with Crippen LogP contribution >= 0.6 is 0 Å². The van der Waals surface area contributed by atoms with Gasteiger partial charge in [-0.15, -0.1) is 0 Å². The quantitative estimate of drug-likeness (QED) is 0.561. The SMILES string of the molecule is CC(=O)CCc1ccc(OCC2=C(c3ccc(F)cc3)CC(F)(F)C2)c(F)c1. The first kappa shape index (κ1) is 20.1. The van der Waals surface area contributed by atoms with E-state index in [0.717, 1.165) is 0 Å². The number of carbonyl (C=O) groups excluding carboxylic acids is 1. The zero-order chi connectivity index (χ0) is 20.3. The lowest BCUT2D eigenvalue weighted by Gasteiger charge is -2.11. The molecule has 148 valence electrons. The van der Waals surface area contributed by atoms with Crippen LogP contribution in [0.2, 0.25) is 0 Å². The fourth-order valence-electron chi connectivity index (χ4n) is 3.26. The van der Waals surface area contributed by atoms with Crippen molar-refractivity contribution in [3.63, 3.8) is 0 Å². The topological polar surface area (TPSA) is 26.3 Å². The van der Waals surface area contributed by atoms with Gasteiger partial charge in [0, 0.05) is 19.3 Å². The zero-order valence-electron chi connectivity index (χ0n) is 15.4. The number of Topliss-reactive ketones (excluding diaryl/α,β-unsaturated/α-hetero) is 1. The number of hydrogen-bond acceptors (Lipinski definition) is 2. The second-order valence-electron chi connectivity index (χ2n) is 7.05. The summed E-state index contributed by atoms with van der Waals surface area (Å²) in [7, 11) is 0. The van der Waals surface area contributed by atoms with Crippen molar-refractivity contribution in [3.05, 3.63) is 70.8 Å². The van der Waals surface area contributed by atoms with Gasteiger partial charge in [-0.2, -0.15) is 0 Å². The highest BCUT2D eigenvalue weighted by Gasteiger charge is 2.39. The van der Waals surface area contributed by atoms with Gasteiger partial charge in [-0.25, -0.2) is 17.6 Å². The van der Waals surface area contributed by atoms with Crippen molar-refractivity contribution in [1.29, 1.82) is 0 Å². The summed E-state index contributed by atoms with van der Waals surface area (Å²) >= 11 is 0. The molecule has 0 aromatic heterocycles. The number of benzene rings is 2. The Balaban J connectivity index is 1.75. The number of allylic oxidation sites excluding steroid dienone is 1. The molecule has 0 heterocycles. The molecule has 0 saturated carbocycles. The fraction of sp³-hybridized carbons (Fsp3) is 0.318. The minimum absolute atomic E-state index is 0.0168. The van der Waals surface area contributed by atoms with Gasteiger partial charge in [0.05, 0.1) is 0 Å². The van der Waals surface area contributed by atoms with Crippen molar-refractivity contribution in [2.75, 3.05) is 6.61 Å². The zero-order valence-corrected chi connectivity index (χ0v) is 15.4. The van der Waals surface area contributed by atoms with Gasteiger partial charge in [0.1, 0.15) is 18.2 Å². The summed E-state index contributed by atoms with van der Waals surface area (Å²) in [5.41, 5.74) is 1.95. The second-order valence-corrected chi connectivity index (χ2v) is 7.05. The fourth-order valence-corrected chi connectivity index (χ4v) is 3.26. The summed E-state index contributed by atoms with van der Waals surface area (Å²) in [5.74, 6) is -3.97. The van der Waals surface area contributed by atoms with Gasteiger partial charge in [-0.05, 0) is 59.9 Å². The highest BCUT2D eigenvalue weighted by atomic mass is 19.3. The van der Waals surface area contributed by atoms with Crippen LogP contribution in [0.25, 0.3) is 5.57 Å². The molecular formula is C22H20F4O2. The molecule has 1 aliphatic rings. The molecule has 0 unspecified atom stereocenters. The van der Waals surface area contributed by atoms with E-state index in [4.69, 9.17) is 4.74 Å². The van der Waals surface area contributed by atoms with Crippen molar-refractivity contribution in [2.24, 2.45) is 0 Å². The van der Waals surface area contributed by atoms with Crippen LogP contribution in [0.15, 0.2) is 48.0 Å². The van der Waals surface area contributed by atoms with E-state index in [1.165, 1.54) is 43.3 Å². The van der Waals surface area contributed by atoms with E-state index >= 15 is 0 Å². The van der Waals surface area contributed by atoms with Crippen LogP contribution in [-0.4, -0.2) is 18.3 Å². The molecule has 0 bridgehead atoms. The van der Waals surface area contributed by atoms with Gasteiger partial charge < -0.3 is 9.53 Å². The van der Waals surface area contributed by atoms with Gasteiger partial charge >= 0.3 is 0 Å². The Hall–Kier alpha value is -2.63. The van der Waals surface area contributed by atoms with Gasteiger partial charge in [0.15, 0.2) is 11.6 Å². The third-order valence-corrected chi connectivity index (χ3v) is 4.69. The minimum Gasteiger partial charge on any atom is -0.486 e. The number of rotatable bonds is 7. The lowest BCUT2D eigenvalue weighted by Crippen LogP contribution is -2.11. The normalized spacial score (nSPS) is 15.8. The first-order chi connectivity index (χ1) is 13.2. The molecule has 0 radical (unpaired) electrons. The van der Waals surface area contributed by atoms with E-state index < -0.39 is 30.4 Å². The number of ether oxygens (including phenoxy) is 1. The third kappa shape index (κ3) is 5.00. The molecule has 0 N–H and O–H groups in total. The first-order valence-electron chi connectivity index (χ1n) is 8.99. The van der Waals surface area contributed by atoms with Crippen molar-refractivity contribution >= 4 is 11.4 Å². The third-order valence-electron chi connectivity index (χ3n) is 4.69. The Labute approximate surface area is 160 Å². The van der Waals surface area contributed by atoms with Gasteiger partial charge in [0.25, 0.3) is 5.92 Å². The predicted octanol–water partition coefficient (Wildman–Crippen LogP) is 5.75. The predicted molar refractivity (Wildman–Crippen MR) is 98.4 cm³/mol. The molecule has 0 aliphatic heterocycles. The van der Waals surface area contributed by atoms with E-state index in [2.05, 4.69) is 0 Å². The Morgan fingerprint density at radius 1 is 1.07 bits per heavy atom. The standard InChI is InChI=1S/C22H20F4O2/c1-14(27)2-3-15-4-9-21(20(24)10-15)28-13-17-11-22(25,26)12-19(17)16-5-7-18(23)8-6-16/h4-10H,2-3,11-13H2,1H3. The van der Waals surface area contributed by atoms with Gasteiger partial charge in [-0.3, -0.25) is 0 Å². The lowest BCUT2D eigenvalue weighted by atomic mass is 10.0. The number of alkyl halides is 2. The second kappa shape index (κ2) is 8.17.